The highest BCUT2D eigenvalue weighted by atomic mass is 32.2. The standard InChI is InChI=1S/C26H25N5O5S/c1-14-23(15(2)36-29-14)18-10-20-19-5-4-17(26(33)30-8-6-16(13-27)7-9-30)12-22(19)31(37(3,34)35)24(20)21(11-18)25(28)32/h4-5,10-12,16H,6-9H2,1-3H3,(H2,28,32). The number of primary amides is 1. The van der Waals surface area contributed by atoms with Gasteiger partial charge in [-0.25, -0.2) is 12.4 Å². The van der Waals surface area contributed by atoms with E-state index in [4.69, 9.17) is 15.5 Å². The number of rotatable bonds is 4. The lowest BCUT2D eigenvalue weighted by atomic mass is 9.97. The normalized spacial score (nSPS) is 14.8. The van der Waals surface area contributed by atoms with Gasteiger partial charge in [-0.2, -0.15) is 5.26 Å². The fraction of sp³-hybridized carbons (Fsp3) is 0.308. The van der Waals surface area contributed by atoms with Gasteiger partial charge < -0.3 is 15.2 Å². The Labute approximate surface area is 213 Å². The summed E-state index contributed by atoms with van der Waals surface area (Å²) in [4.78, 5) is 27.5. The molecule has 2 amide bonds. The van der Waals surface area contributed by atoms with Gasteiger partial charge in [-0.05, 0) is 56.5 Å². The van der Waals surface area contributed by atoms with Crippen LogP contribution in [0.3, 0.4) is 0 Å². The summed E-state index contributed by atoms with van der Waals surface area (Å²) in [6.07, 6.45) is 2.24. The summed E-state index contributed by atoms with van der Waals surface area (Å²) < 4.78 is 32.4. The van der Waals surface area contributed by atoms with E-state index in [1.165, 1.54) is 6.07 Å². The maximum absolute atomic E-state index is 13.3. The number of nitrogens with two attached hydrogens (primary N) is 1. The average Bonchev–Trinajstić information content (AvgIpc) is 3.38. The van der Waals surface area contributed by atoms with E-state index in [9.17, 15) is 18.0 Å². The number of nitrogens with zero attached hydrogens (tertiary/aromatic N) is 4. The molecule has 0 unspecified atom stereocenters. The zero-order valence-corrected chi connectivity index (χ0v) is 21.4. The predicted octanol–water partition coefficient (Wildman–Crippen LogP) is 3.35. The van der Waals surface area contributed by atoms with Crippen LogP contribution in [0.5, 0.6) is 0 Å². The van der Waals surface area contributed by atoms with Crippen molar-refractivity contribution in [2.75, 3.05) is 19.3 Å². The number of amides is 2. The van der Waals surface area contributed by atoms with Crippen LogP contribution >= 0.6 is 0 Å². The van der Waals surface area contributed by atoms with Crippen LogP contribution in [-0.2, 0) is 10.0 Å². The Morgan fingerprint density at radius 2 is 1.84 bits per heavy atom. The Morgan fingerprint density at radius 1 is 1.14 bits per heavy atom. The van der Waals surface area contributed by atoms with Crippen molar-refractivity contribution in [3.63, 3.8) is 0 Å². The van der Waals surface area contributed by atoms with Crippen LogP contribution in [0.2, 0.25) is 0 Å². The number of carbonyl (C=O) groups excluding carboxylic acids is 2. The zero-order chi connectivity index (χ0) is 26.6. The summed E-state index contributed by atoms with van der Waals surface area (Å²) in [5.74, 6) is -0.552. The van der Waals surface area contributed by atoms with E-state index >= 15 is 0 Å². The summed E-state index contributed by atoms with van der Waals surface area (Å²) in [6.45, 7) is 4.44. The van der Waals surface area contributed by atoms with Crippen molar-refractivity contribution in [2.24, 2.45) is 11.7 Å². The van der Waals surface area contributed by atoms with E-state index in [-0.39, 0.29) is 28.4 Å². The van der Waals surface area contributed by atoms with Gasteiger partial charge in [-0.15, -0.1) is 0 Å². The van der Waals surface area contributed by atoms with Gasteiger partial charge in [-0.3, -0.25) is 9.59 Å². The molecule has 0 atom stereocenters. The van der Waals surface area contributed by atoms with Crippen LogP contribution in [0.4, 0.5) is 0 Å². The van der Waals surface area contributed by atoms with Crippen molar-refractivity contribution in [1.29, 1.82) is 5.26 Å². The van der Waals surface area contributed by atoms with Gasteiger partial charge in [-0.1, -0.05) is 11.2 Å². The van der Waals surface area contributed by atoms with Gasteiger partial charge in [0.25, 0.3) is 11.8 Å². The van der Waals surface area contributed by atoms with E-state index in [1.807, 2.05) is 0 Å². The highest BCUT2D eigenvalue weighted by molar-refractivity contribution is 7.89. The lowest BCUT2D eigenvalue weighted by molar-refractivity contribution is 0.0707. The van der Waals surface area contributed by atoms with Crippen LogP contribution in [0.1, 0.15) is 45.0 Å². The first-order valence-electron chi connectivity index (χ1n) is 11.8. The summed E-state index contributed by atoms with van der Waals surface area (Å²) in [5.41, 5.74) is 8.44. The number of aryl methyl sites for hydroxylation is 2. The monoisotopic (exact) mass is 519 g/mol. The molecule has 4 aromatic rings. The molecule has 2 N–H and O–H groups in total. The minimum absolute atomic E-state index is 0.0283. The van der Waals surface area contributed by atoms with Crippen LogP contribution in [0.25, 0.3) is 32.9 Å². The molecular formula is C26H25N5O5S. The van der Waals surface area contributed by atoms with E-state index < -0.39 is 15.9 Å². The Kier molecular flexibility index (Phi) is 5.79. The van der Waals surface area contributed by atoms with Crippen LogP contribution in [0.15, 0.2) is 34.9 Å². The smallest absolute Gasteiger partial charge is 0.253 e. The fourth-order valence-corrected chi connectivity index (χ4v) is 6.24. The molecule has 5 rings (SSSR count). The highest BCUT2D eigenvalue weighted by Gasteiger charge is 2.27. The number of likely N-dealkylation sites (tertiary alicyclic amines) is 1. The third-order valence-electron chi connectivity index (χ3n) is 6.95. The molecule has 2 aromatic heterocycles. The second-order valence-corrected chi connectivity index (χ2v) is 11.3. The number of fused-ring (bicyclic) bond motifs is 3. The van der Waals surface area contributed by atoms with E-state index in [2.05, 4.69) is 11.2 Å². The molecule has 0 spiro atoms. The SMILES string of the molecule is Cc1noc(C)c1-c1cc(C(N)=O)c2c(c1)c1ccc(C(=O)N3CCC(C#N)CC3)cc1n2S(C)(=O)=O. The third-order valence-corrected chi connectivity index (χ3v) is 7.99. The molecule has 1 fully saturated rings. The number of hydrogen-bond donors (Lipinski definition) is 1. The molecule has 37 heavy (non-hydrogen) atoms. The first kappa shape index (κ1) is 24.5. The molecule has 1 aliphatic rings. The number of hydrogen-bond acceptors (Lipinski definition) is 7. The highest BCUT2D eigenvalue weighted by Crippen LogP contribution is 2.38. The van der Waals surface area contributed by atoms with Gasteiger partial charge in [0.1, 0.15) is 5.76 Å². The quantitative estimate of drug-likeness (QED) is 0.434. The number of nitriles is 1. The number of piperidine rings is 1. The van der Waals surface area contributed by atoms with Gasteiger partial charge in [0.05, 0.1) is 34.6 Å². The first-order valence-corrected chi connectivity index (χ1v) is 13.6. The largest absolute Gasteiger partial charge is 0.366 e. The summed E-state index contributed by atoms with van der Waals surface area (Å²) in [5, 5.41) is 14.2. The Hall–Kier alpha value is -4.17. The maximum atomic E-state index is 13.3. The van der Waals surface area contributed by atoms with Gasteiger partial charge in [0.15, 0.2) is 0 Å². The predicted molar refractivity (Wildman–Crippen MR) is 137 cm³/mol. The van der Waals surface area contributed by atoms with Crippen LogP contribution in [0, 0.1) is 31.1 Å². The van der Waals surface area contributed by atoms with Gasteiger partial charge >= 0.3 is 0 Å². The third kappa shape index (κ3) is 4.03. The number of carbonyl (C=O) groups is 2. The molecule has 1 saturated heterocycles. The minimum Gasteiger partial charge on any atom is -0.366 e. The van der Waals surface area contributed by atoms with Crippen molar-refractivity contribution < 1.29 is 22.5 Å². The molecule has 0 radical (unpaired) electrons. The van der Waals surface area contributed by atoms with E-state index in [0.717, 1.165) is 10.2 Å². The second-order valence-electron chi connectivity index (χ2n) is 9.44. The Morgan fingerprint density at radius 3 is 2.41 bits per heavy atom. The molecule has 10 nitrogen and oxygen atoms in total. The first-order chi connectivity index (χ1) is 17.5. The fourth-order valence-electron chi connectivity index (χ4n) is 5.21. The maximum Gasteiger partial charge on any atom is 0.253 e. The van der Waals surface area contributed by atoms with Crippen molar-refractivity contribution in [3.8, 4) is 17.2 Å². The molecular weight excluding hydrogens is 494 g/mol. The molecule has 3 heterocycles. The second kappa shape index (κ2) is 8.74. The molecule has 0 saturated carbocycles. The Balaban J connectivity index is 1.76. The van der Waals surface area contributed by atoms with Crippen molar-refractivity contribution >= 4 is 43.6 Å². The van der Waals surface area contributed by atoms with Crippen molar-refractivity contribution in [1.82, 2.24) is 14.0 Å². The number of aromatic nitrogens is 2. The minimum atomic E-state index is -3.91. The topological polar surface area (TPSA) is 152 Å². The van der Waals surface area contributed by atoms with Crippen LogP contribution in [-0.4, -0.2) is 53.6 Å². The molecule has 0 bridgehead atoms. The summed E-state index contributed by atoms with van der Waals surface area (Å²) >= 11 is 0. The summed E-state index contributed by atoms with van der Waals surface area (Å²) in [7, 11) is -3.91. The van der Waals surface area contributed by atoms with Gasteiger partial charge in [0, 0.05) is 40.9 Å². The summed E-state index contributed by atoms with van der Waals surface area (Å²) in [6, 6.07) is 10.5. The zero-order valence-electron chi connectivity index (χ0n) is 20.6. The Bertz CT molecular complexity index is 1730. The molecule has 190 valence electrons. The van der Waals surface area contributed by atoms with Gasteiger partial charge in [0.2, 0.25) is 10.0 Å². The lowest BCUT2D eigenvalue weighted by Gasteiger charge is -2.29. The lowest BCUT2D eigenvalue weighted by Crippen LogP contribution is -2.38. The molecule has 11 heteroatoms. The van der Waals surface area contributed by atoms with Crippen LogP contribution < -0.4 is 5.73 Å². The molecule has 1 aliphatic heterocycles. The van der Waals surface area contributed by atoms with E-state index in [0.29, 0.717) is 64.8 Å². The van der Waals surface area contributed by atoms with Crippen molar-refractivity contribution in [2.45, 2.75) is 26.7 Å². The molecule has 0 aliphatic carbocycles. The van der Waals surface area contributed by atoms with Crippen molar-refractivity contribution in [3.05, 3.63) is 52.9 Å². The molecule has 2 aromatic carbocycles. The average molecular weight is 520 g/mol. The number of benzene rings is 2. The van der Waals surface area contributed by atoms with E-state index in [1.54, 1.807) is 43.0 Å².